The van der Waals surface area contributed by atoms with Crippen LogP contribution in [0.3, 0.4) is 0 Å². The van der Waals surface area contributed by atoms with Crippen molar-refractivity contribution in [1.82, 2.24) is 19.9 Å². The highest BCUT2D eigenvalue weighted by atomic mass is 16.5. The van der Waals surface area contributed by atoms with Gasteiger partial charge in [0.05, 0.1) is 13.2 Å². The molecule has 1 aliphatic rings. The largest absolute Gasteiger partial charge is 0.366 e. The van der Waals surface area contributed by atoms with E-state index >= 15 is 0 Å². The van der Waals surface area contributed by atoms with E-state index in [0.29, 0.717) is 31.4 Å². The summed E-state index contributed by atoms with van der Waals surface area (Å²) in [5, 5.41) is 3.75. The Kier molecular flexibility index (Phi) is 3.93. The van der Waals surface area contributed by atoms with E-state index in [1.54, 1.807) is 25.9 Å². The van der Waals surface area contributed by atoms with Crippen LogP contribution in [0.2, 0.25) is 0 Å². The summed E-state index contributed by atoms with van der Waals surface area (Å²) >= 11 is 0. The van der Waals surface area contributed by atoms with Crippen LogP contribution >= 0.6 is 0 Å². The molecule has 1 amide bonds. The van der Waals surface area contributed by atoms with Crippen molar-refractivity contribution in [3.05, 3.63) is 11.7 Å². The first-order valence-electron chi connectivity index (χ1n) is 5.90. The fraction of sp³-hybridized carbons (Fsp3) is 0.727. The summed E-state index contributed by atoms with van der Waals surface area (Å²) in [6, 6.07) is 0. The summed E-state index contributed by atoms with van der Waals surface area (Å²) in [4.78, 5) is 19.6. The molecule has 1 aromatic heterocycles. The molecule has 1 saturated heterocycles. The number of hydrogen-bond acceptors (Lipinski definition) is 6. The molecule has 18 heavy (non-hydrogen) atoms. The standard InChI is InChI=1S/C11H18N4O3/c1-8-12-10(18-13-8)7-15-4-5-17-9(6-15)11(16)14(2)3/h9H,4-7H2,1-3H3. The van der Waals surface area contributed by atoms with Crippen molar-refractivity contribution in [2.75, 3.05) is 33.8 Å². The molecule has 1 aliphatic heterocycles. The molecule has 0 aromatic carbocycles. The highest BCUT2D eigenvalue weighted by Crippen LogP contribution is 2.10. The molecule has 0 N–H and O–H groups in total. The van der Waals surface area contributed by atoms with E-state index < -0.39 is 6.10 Å². The van der Waals surface area contributed by atoms with Crippen LogP contribution in [-0.4, -0.2) is 65.7 Å². The first-order valence-corrected chi connectivity index (χ1v) is 5.90. The van der Waals surface area contributed by atoms with Crippen LogP contribution in [0.4, 0.5) is 0 Å². The van der Waals surface area contributed by atoms with Gasteiger partial charge in [-0.25, -0.2) is 0 Å². The van der Waals surface area contributed by atoms with E-state index in [0.717, 1.165) is 6.54 Å². The van der Waals surface area contributed by atoms with Crippen LogP contribution in [0, 0.1) is 6.92 Å². The zero-order valence-corrected chi connectivity index (χ0v) is 10.9. The molecule has 0 saturated carbocycles. The Morgan fingerprint density at radius 2 is 2.33 bits per heavy atom. The topological polar surface area (TPSA) is 71.7 Å². The number of hydrogen-bond donors (Lipinski definition) is 0. The Balaban J connectivity index is 1.92. The molecule has 1 fully saturated rings. The second-order valence-corrected chi connectivity index (χ2v) is 4.56. The fourth-order valence-electron chi connectivity index (χ4n) is 1.88. The average molecular weight is 254 g/mol. The number of rotatable bonds is 3. The van der Waals surface area contributed by atoms with Crippen molar-refractivity contribution >= 4 is 5.91 Å². The summed E-state index contributed by atoms with van der Waals surface area (Å²) in [5.74, 6) is 1.19. The summed E-state index contributed by atoms with van der Waals surface area (Å²) in [6.45, 7) is 4.19. The third-order valence-corrected chi connectivity index (χ3v) is 2.80. The van der Waals surface area contributed by atoms with E-state index in [2.05, 4.69) is 15.0 Å². The van der Waals surface area contributed by atoms with Gasteiger partial charge in [0.25, 0.3) is 5.91 Å². The monoisotopic (exact) mass is 254 g/mol. The van der Waals surface area contributed by atoms with Crippen molar-refractivity contribution in [2.24, 2.45) is 0 Å². The zero-order chi connectivity index (χ0) is 13.1. The Labute approximate surface area is 106 Å². The zero-order valence-electron chi connectivity index (χ0n) is 10.9. The second kappa shape index (κ2) is 5.45. The predicted molar refractivity (Wildman–Crippen MR) is 62.7 cm³/mol. The van der Waals surface area contributed by atoms with Crippen molar-refractivity contribution in [1.29, 1.82) is 0 Å². The maximum atomic E-state index is 11.8. The van der Waals surface area contributed by atoms with Crippen molar-refractivity contribution in [3.8, 4) is 0 Å². The predicted octanol–water partition coefficient (Wildman–Crippen LogP) is -0.333. The Bertz CT molecular complexity index is 418. The third-order valence-electron chi connectivity index (χ3n) is 2.80. The highest BCUT2D eigenvalue weighted by Gasteiger charge is 2.28. The van der Waals surface area contributed by atoms with E-state index in [1.807, 2.05) is 0 Å². The van der Waals surface area contributed by atoms with E-state index in [1.165, 1.54) is 0 Å². The maximum Gasteiger partial charge on any atom is 0.252 e. The highest BCUT2D eigenvalue weighted by molar-refractivity contribution is 5.80. The number of ether oxygens (including phenoxy) is 1. The molecule has 1 atom stereocenters. The van der Waals surface area contributed by atoms with Crippen LogP contribution < -0.4 is 0 Å². The van der Waals surface area contributed by atoms with Crippen LogP contribution in [0.5, 0.6) is 0 Å². The Morgan fingerprint density at radius 3 is 2.94 bits per heavy atom. The Hall–Kier alpha value is -1.47. The van der Waals surface area contributed by atoms with Crippen LogP contribution in [-0.2, 0) is 16.1 Å². The molecule has 1 aromatic rings. The first-order chi connectivity index (χ1) is 8.56. The lowest BCUT2D eigenvalue weighted by Gasteiger charge is -2.32. The molecule has 2 rings (SSSR count). The van der Waals surface area contributed by atoms with E-state index in [9.17, 15) is 4.79 Å². The van der Waals surface area contributed by atoms with Gasteiger partial charge in [0.1, 0.15) is 6.10 Å². The number of morpholine rings is 1. The molecule has 7 heteroatoms. The van der Waals surface area contributed by atoms with Gasteiger partial charge < -0.3 is 14.2 Å². The number of likely N-dealkylation sites (N-methyl/N-ethyl adjacent to an activating group) is 1. The molecular weight excluding hydrogens is 236 g/mol. The van der Waals surface area contributed by atoms with Gasteiger partial charge in [-0.3, -0.25) is 9.69 Å². The number of amides is 1. The molecular formula is C11H18N4O3. The van der Waals surface area contributed by atoms with Gasteiger partial charge in [-0.15, -0.1) is 0 Å². The lowest BCUT2D eigenvalue weighted by atomic mass is 10.2. The molecule has 0 radical (unpaired) electrons. The lowest BCUT2D eigenvalue weighted by molar-refractivity contribution is -0.147. The van der Waals surface area contributed by atoms with Gasteiger partial charge >= 0.3 is 0 Å². The number of carbonyl (C=O) groups excluding carboxylic acids is 1. The van der Waals surface area contributed by atoms with Crippen molar-refractivity contribution in [2.45, 2.75) is 19.6 Å². The van der Waals surface area contributed by atoms with Gasteiger partial charge in [-0.05, 0) is 6.92 Å². The van der Waals surface area contributed by atoms with Gasteiger partial charge in [0.2, 0.25) is 5.89 Å². The third kappa shape index (κ3) is 3.05. The second-order valence-electron chi connectivity index (χ2n) is 4.56. The SMILES string of the molecule is Cc1noc(CN2CCOC(C(=O)N(C)C)C2)n1. The van der Waals surface area contributed by atoms with Gasteiger partial charge in [0, 0.05) is 27.2 Å². The van der Waals surface area contributed by atoms with E-state index in [4.69, 9.17) is 9.26 Å². The smallest absolute Gasteiger partial charge is 0.252 e. The summed E-state index contributed by atoms with van der Waals surface area (Å²) < 4.78 is 10.5. The minimum absolute atomic E-state index is 0.0126. The molecule has 0 aliphatic carbocycles. The lowest BCUT2D eigenvalue weighted by Crippen LogP contribution is -2.49. The van der Waals surface area contributed by atoms with Crippen molar-refractivity contribution < 1.29 is 14.1 Å². The molecule has 0 bridgehead atoms. The molecule has 0 spiro atoms. The fourth-order valence-corrected chi connectivity index (χ4v) is 1.88. The van der Waals surface area contributed by atoms with Gasteiger partial charge in [0.15, 0.2) is 5.82 Å². The number of nitrogens with zero attached hydrogens (tertiary/aromatic N) is 4. The van der Waals surface area contributed by atoms with Gasteiger partial charge in [-0.1, -0.05) is 5.16 Å². The van der Waals surface area contributed by atoms with Gasteiger partial charge in [-0.2, -0.15) is 4.98 Å². The quantitative estimate of drug-likeness (QED) is 0.735. The number of aryl methyl sites for hydroxylation is 1. The Morgan fingerprint density at radius 1 is 1.56 bits per heavy atom. The normalized spacial score (nSPS) is 20.9. The van der Waals surface area contributed by atoms with Crippen LogP contribution in [0.25, 0.3) is 0 Å². The first kappa shape index (κ1) is 13.0. The van der Waals surface area contributed by atoms with Crippen molar-refractivity contribution in [3.63, 3.8) is 0 Å². The number of aromatic nitrogens is 2. The summed E-state index contributed by atoms with van der Waals surface area (Å²) in [5.41, 5.74) is 0. The minimum atomic E-state index is -0.405. The van der Waals surface area contributed by atoms with E-state index in [-0.39, 0.29) is 5.91 Å². The molecule has 100 valence electrons. The maximum absolute atomic E-state index is 11.8. The minimum Gasteiger partial charge on any atom is -0.366 e. The van der Waals surface area contributed by atoms with Crippen LogP contribution in [0.1, 0.15) is 11.7 Å². The summed E-state index contributed by atoms with van der Waals surface area (Å²) in [7, 11) is 3.46. The number of carbonyl (C=O) groups is 1. The molecule has 2 heterocycles. The average Bonchev–Trinajstić information content (AvgIpc) is 2.74. The summed E-state index contributed by atoms with van der Waals surface area (Å²) in [6.07, 6.45) is -0.405. The van der Waals surface area contributed by atoms with Crippen LogP contribution in [0.15, 0.2) is 4.52 Å². The molecule has 7 nitrogen and oxygen atoms in total. The molecule has 1 unspecified atom stereocenters.